The van der Waals surface area contributed by atoms with Crippen LogP contribution in [0.4, 0.5) is 4.39 Å². The molecule has 108 valence electrons. The van der Waals surface area contributed by atoms with Crippen molar-refractivity contribution in [2.75, 3.05) is 13.1 Å². The molecule has 1 heterocycles. The minimum atomic E-state index is -0.192. The summed E-state index contributed by atoms with van der Waals surface area (Å²) in [6, 6.07) is 5.08. The fraction of sp³-hybridized carbons (Fsp3) is 0.500. The van der Waals surface area contributed by atoms with E-state index in [0.717, 1.165) is 18.4 Å². The lowest BCUT2D eigenvalue weighted by atomic mass is 10.0. The molecule has 0 spiro atoms. The number of carbonyl (C=O) groups is 2. The van der Waals surface area contributed by atoms with Crippen molar-refractivity contribution >= 4 is 11.7 Å². The van der Waals surface area contributed by atoms with Gasteiger partial charge in [-0.05, 0) is 37.0 Å². The van der Waals surface area contributed by atoms with Crippen molar-refractivity contribution in [3.8, 4) is 0 Å². The molecule has 0 aliphatic carbocycles. The van der Waals surface area contributed by atoms with Gasteiger partial charge in [0.1, 0.15) is 11.6 Å². The molecule has 1 saturated heterocycles. The number of hydrogen-bond donors (Lipinski definition) is 0. The molecule has 0 atom stereocenters. The molecule has 20 heavy (non-hydrogen) atoms. The molecule has 1 amide bonds. The molecule has 0 saturated carbocycles. The maximum Gasteiger partial charge on any atom is 0.222 e. The van der Waals surface area contributed by atoms with Gasteiger partial charge in [-0.1, -0.05) is 12.1 Å². The van der Waals surface area contributed by atoms with Gasteiger partial charge >= 0.3 is 0 Å². The Hall–Kier alpha value is -1.71. The van der Waals surface area contributed by atoms with Gasteiger partial charge in [0.05, 0.1) is 0 Å². The van der Waals surface area contributed by atoms with Gasteiger partial charge in [-0.25, -0.2) is 4.39 Å². The van der Waals surface area contributed by atoms with Gasteiger partial charge in [0.25, 0.3) is 0 Å². The van der Waals surface area contributed by atoms with Crippen LogP contribution in [0.1, 0.15) is 36.8 Å². The first kappa shape index (κ1) is 14.7. The van der Waals surface area contributed by atoms with E-state index in [1.165, 1.54) is 6.07 Å². The van der Waals surface area contributed by atoms with Gasteiger partial charge in [-0.15, -0.1) is 0 Å². The van der Waals surface area contributed by atoms with E-state index in [4.69, 9.17) is 0 Å². The molecule has 0 N–H and O–H groups in total. The van der Waals surface area contributed by atoms with Gasteiger partial charge in [0.2, 0.25) is 5.91 Å². The first-order valence-electron chi connectivity index (χ1n) is 7.11. The number of amides is 1. The van der Waals surface area contributed by atoms with E-state index in [2.05, 4.69) is 0 Å². The lowest BCUT2D eigenvalue weighted by Crippen LogP contribution is -2.38. The molecule has 1 fully saturated rings. The number of aryl methyl sites for hydroxylation is 2. The van der Waals surface area contributed by atoms with Crippen LogP contribution < -0.4 is 0 Å². The zero-order valence-electron chi connectivity index (χ0n) is 11.8. The summed E-state index contributed by atoms with van der Waals surface area (Å²) < 4.78 is 13.1. The normalized spacial score (nSPS) is 15.5. The summed E-state index contributed by atoms with van der Waals surface area (Å²) in [6.45, 7) is 2.87. The molecule has 2 rings (SSSR count). The third kappa shape index (κ3) is 3.89. The Morgan fingerprint density at radius 3 is 2.65 bits per heavy atom. The van der Waals surface area contributed by atoms with Crippen molar-refractivity contribution in [1.82, 2.24) is 4.90 Å². The molecular formula is C16H20FNO2. The van der Waals surface area contributed by atoms with Crippen molar-refractivity contribution < 1.29 is 14.0 Å². The van der Waals surface area contributed by atoms with Crippen LogP contribution in [0.2, 0.25) is 0 Å². The zero-order valence-corrected chi connectivity index (χ0v) is 11.8. The molecule has 1 aliphatic heterocycles. The summed E-state index contributed by atoms with van der Waals surface area (Å²) in [5, 5.41) is 0. The first-order chi connectivity index (χ1) is 9.56. The predicted octanol–water partition coefficient (Wildman–Crippen LogP) is 2.65. The summed E-state index contributed by atoms with van der Waals surface area (Å²) in [7, 11) is 0. The second-order valence-corrected chi connectivity index (χ2v) is 5.36. The molecule has 4 heteroatoms. The summed E-state index contributed by atoms with van der Waals surface area (Å²) >= 11 is 0. The third-order valence-electron chi connectivity index (χ3n) is 3.75. The van der Waals surface area contributed by atoms with Gasteiger partial charge < -0.3 is 4.90 Å². The Morgan fingerprint density at radius 1 is 1.30 bits per heavy atom. The molecule has 0 unspecified atom stereocenters. The molecule has 1 aromatic carbocycles. The van der Waals surface area contributed by atoms with Crippen LogP contribution in [0.15, 0.2) is 18.2 Å². The Balaban J connectivity index is 1.76. The molecular weight excluding hydrogens is 257 g/mol. The van der Waals surface area contributed by atoms with E-state index in [-0.39, 0.29) is 17.5 Å². The number of ketones is 1. The smallest absolute Gasteiger partial charge is 0.222 e. The summed E-state index contributed by atoms with van der Waals surface area (Å²) in [6.07, 6.45) is 3.00. The summed E-state index contributed by atoms with van der Waals surface area (Å²) in [5.74, 6) is 0.176. The van der Waals surface area contributed by atoms with E-state index in [1.54, 1.807) is 17.9 Å². The molecule has 0 bridgehead atoms. The van der Waals surface area contributed by atoms with Crippen molar-refractivity contribution in [3.63, 3.8) is 0 Å². The van der Waals surface area contributed by atoms with E-state index in [9.17, 15) is 14.0 Å². The van der Waals surface area contributed by atoms with Gasteiger partial charge in [-0.3, -0.25) is 9.59 Å². The Kier molecular flexibility index (Phi) is 4.88. The monoisotopic (exact) mass is 277 g/mol. The quantitative estimate of drug-likeness (QED) is 0.848. The highest BCUT2D eigenvalue weighted by atomic mass is 19.1. The highest BCUT2D eigenvalue weighted by Gasteiger charge is 2.19. The highest BCUT2D eigenvalue weighted by Crippen LogP contribution is 2.13. The lowest BCUT2D eigenvalue weighted by molar-refractivity contribution is -0.134. The van der Waals surface area contributed by atoms with E-state index in [0.29, 0.717) is 37.9 Å². The number of nitrogens with zero attached hydrogens (tertiary/aromatic N) is 1. The van der Waals surface area contributed by atoms with Crippen LogP contribution in [0, 0.1) is 12.7 Å². The SMILES string of the molecule is Cc1cc(CCCC(=O)N2CCC(=O)CC2)ccc1F. The van der Waals surface area contributed by atoms with Gasteiger partial charge in [-0.2, -0.15) is 0 Å². The number of rotatable bonds is 4. The van der Waals surface area contributed by atoms with Crippen LogP contribution in [0.25, 0.3) is 0 Å². The van der Waals surface area contributed by atoms with Crippen LogP contribution in [-0.2, 0) is 16.0 Å². The second-order valence-electron chi connectivity index (χ2n) is 5.36. The number of carbonyl (C=O) groups excluding carboxylic acids is 2. The Morgan fingerprint density at radius 2 is 2.00 bits per heavy atom. The first-order valence-corrected chi connectivity index (χ1v) is 7.11. The summed E-state index contributed by atoms with van der Waals surface area (Å²) in [5.41, 5.74) is 1.70. The number of Topliss-reactive ketones (excluding diaryl/α,β-unsaturated/α-hetero) is 1. The maximum absolute atomic E-state index is 13.1. The Labute approximate surface area is 118 Å². The molecule has 1 aliphatic rings. The second kappa shape index (κ2) is 6.64. The van der Waals surface area contributed by atoms with Crippen LogP contribution in [0.3, 0.4) is 0 Å². The lowest BCUT2D eigenvalue weighted by Gasteiger charge is -2.26. The maximum atomic E-state index is 13.1. The van der Waals surface area contributed by atoms with Crippen LogP contribution in [-0.4, -0.2) is 29.7 Å². The average molecular weight is 277 g/mol. The van der Waals surface area contributed by atoms with Crippen LogP contribution >= 0.6 is 0 Å². The largest absolute Gasteiger partial charge is 0.342 e. The fourth-order valence-corrected chi connectivity index (χ4v) is 2.47. The topological polar surface area (TPSA) is 37.4 Å². The fourth-order valence-electron chi connectivity index (χ4n) is 2.47. The van der Waals surface area contributed by atoms with Crippen molar-refractivity contribution in [2.24, 2.45) is 0 Å². The number of halogens is 1. The standard InChI is InChI=1S/C16H20FNO2/c1-12-11-13(5-6-15(12)17)3-2-4-16(20)18-9-7-14(19)8-10-18/h5-6,11H,2-4,7-10H2,1H3. The Bertz CT molecular complexity index is 503. The van der Waals surface area contributed by atoms with Gasteiger partial charge in [0, 0.05) is 32.4 Å². The molecule has 1 aromatic rings. The predicted molar refractivity (Wildman–Crippen MR) is 74.9 cm³/mol. The minimum absolute atomic E-state index is 0.122. The van der Waals surface area contributed by atoms with E-state index >= 15 is 0 Å². The van der Waals surface area contributed by atoms with Crippen molar-refractivity contribution in [3.05, 3.63) is 35.1 Å². The summed E-state index contributed by atoms with van der Waals surface area (Å²) in [4.78, 5) is 24.9. The van der Waals surface area contributed by atoms with Gasteiger partial charge in [0.15, 0.2) is 0 Å². The number of hydrogen-bond acceptors (Lipinski definition) is 2. The molecule has 0 radical (unpaired) electrons. The minimum Gasteiger partial charge on any atom is -0.342 e. The zero-order chi connectivity index (χ0) is 14.5. The highest BCUT2D eigenvalue weighted by molar-refractivity contribution is 5.83. The van der Waals surface area contributed by atoms with Crippen LogP contribution in [0.5, 0.6) is 0 Å². The average Bonchev–Trinajstić information content (AvgIpc) is 2.43. The number of piperidine rings is 1. The molecule has 0 aromatic heterocycles. The van der Waals surface area contributed by atoms with E-state index < -0.39 is 0 Å². The number of benzene rings is 1. The van der Waals surface area contributed by atoms with Crippen molar-refractivity contribution in [1.29, 1.82) is 0 Å². The van der Waals surface area contributed by atoms with E-state index in [1.807, 2.05) is 6.07 Å². The number of likely N-dealkylation sites (tertiary alicyclic amines) is 1. The van der Waals surface area contributed by atoms with Crippen molar-refractivity contribution in [2.45, 2.75) is 39.0 Å². The molecule has 3 nitrogen and oxygen atoms in total. The third-order valence-corrected chi connectivity index (χ3v) is 3.75.